The van der Waals surface area contributed by atoms with Gasteiger partial charge in [0.05, 0.1) is 0 Å². The molecule has 0 saturated heterocycles. The molecule has 0 radical (unpaired) electrons. The van der Waals surface area contributed by atoms with Gasteiger partial charge in [-0.05, 0) is 32.4 Å². The Kier molecular flexibility index (Phi) is 5.88. The summed E-state index contributed by atoms with van der Waals surface area (Å²) >= 11 is 0. The minimum Gasteiger partial charge on any atom is -0.481 e. The number of urea groups is 1. The lowest BCUT2D eigenvalue weighted by molar-refractivity contribution is 0.218. The second-order valence-electron chi connectivity index (χ2n) is 4.96. The number of carbonyl (C=O) groups excluding carboxylic acids is 1. The van der Waals surface area contributed by atoms with E-state index in [2.05, 4.69) is 16.6 Å². The van der Waals surface area contributed by atoms with Crippen molar-refractivity contribution in [2.45, 2.75) is 25.8 Å². The first-order valence-electron chi connectivity index (χ1n) is 6.33. The van der Waals surface area contributed by atoms with Crippen LogP contribution >= 0.6 is 0 Å². The number of carbonyl (C=O) groups is 1. The molecular formula is C15H20N2O3. The van der Waals surface area contributed by atoms with Crippen LogP contribution in [0.1, 0.15) is 20.3 Å². The first kappa shape index (κ1) is 15.9. The lowest BCUT2D eigenvalue weighted by Crippen LogP contribution is -2.46. The molecular weight excluding hydrogens is 256 g/mol. The third-order valence-electron chi connectivity index (χ3n) is 2.60. The number of terminal acetylenes is 1. The molecule has 0 saturated carbocycles. The highest BCUT2D eigenvalue weighted by Gasteiger charge is 2.19. The van der Waals surface area contributed by atoms with Gasteiger partial charge in [-0.3, -0.25) is 0 Å². The van der Waals surface area contributed by atoms with E-state index in [-0.39, 0.29) is 19.2 Å². The van der Waals surface area contributed by atoms with Gasteiger partial charge in [0, 0.05) is 23.9 Å². The van der Waals surface area contributed by atoms with Gasteiger partial charge >= 0.3 is 6.03 Å². The topological polar surface area (TPSA) is 70.6 Å². The molecule has 0 aliphatic carbocycles. The molecule has 0 atom stereocenters. The number of rotatable bonds is 6. The number of aliphatic hydroxyl groups is 1. The van der Waals surface area contributed by atoms with Gasteiger partial charge in [-0.1, -0.05) is 12.0 Å². The zero-order chi connectivity index (χ0) is 15.0. The number of nitrogens with one attached hydrogen (secondary N) is 2. The van der Waals surface area contributed by atoms with Crippen LogP contribution in [0.5, 0.6) is 5.75 Å². The zero-order valence-electron chi connectivity index (χ0n) is 11.8. The second-order valence-corrected chi connectivity index (χ2v) is 4.96. The van der Waals surface area contributed by atoms with Crippen molar-refractivity contribution < 1.29 is 14.6 Å². The number of amides is 2. The summed E-state index contributed by atoms with van der Waals surface area (Å²) in [5, 5.41) is 14.4. The smallest absolute Gasteiger partial charge is 0.319 e. The normalized spacial score (nSPS) is 10.5. The molecule has 0 aromatic heterocycles. The SMILES string of the molecule is C#CCOc1cccc(NC(=O)NC(C)(C)CCO)c1. The van der Waals surface area contributed by atoms with E-state index in [1.54, 1.807) is 24.3 Å². The van der Waals surface area contributed by atoms with Crippen molar-refractivity contribution in [3.8, 4) is 18.1 Å². The highest BCUT2D eigenvalue weighted by atomic mass is 16.5. The number of hydrogen-bond donors (Lipinski definition) is 3. The van der Waals surface area contributed by atoms with Crippen molar-refractivity contribution in [3.05, 3.63) is 24.3 Å². The lowest BCUT2D eigenvalue weighted by Gasteiger charge is -2.25. The lowest BCUT2D eigenvalue weighted by atomic mass is 10.0. The largest absolute Gasteiger partial charge is 0.481 e. The first-order chi connectivity index (χ1) is 9.46. The highest BCUT2D eigenvalue weighted by Crippen LogP contribution is 2.17. The summed E-state index contributed by atoms with van der Waals surface area (Å²) in [6.45, 7) is 3.88. The quantitative estimate of drug-likeness (QED) is 0.696. The Morgan fingerprint density at radius 2 is 2.25 bits per heavy atom. The van der Waals surface area contributed by atoms with Crippen LogP contribution in [0.25, 0.3) is 0 Å². The highest BCUT2D eigenvalue weighted by molar-refractivity contribution is 5.89. The molecule has 1 aromatic rings. The predicted molar refractivity (Wildman–Crippen MR) is 78.7 cm³/mol. The molecule has 0 spiro atoms. The van der Waals surface area contributed by atoms with E-state index in [0.29, 0.717) is 17.9 Å². The number of ether oxygens (including phenoxy) is 1. The predicted octanol–water partition coefficient (Wildman–Crippen LogP) is 1.98. The molecule has 3 N–H and O–H groups in total. The van der Waals surface area contributed by atoms with E-state index in [4.69, 9.17) is 16.3 Å². The Balaban J connectivity index is 2.60. The van der Waals surface area contributed by atoms with Crippen LogP contribution in [0.3, 0.4) is 0 Å². The molecule has 20 heavy (non-hydrogen) atoms. The van der Waals surface area contributed by atoms with Gasteiger partial charge in [0.25, 0.3) is 0 Å². The summed E-state index contributed by atoms with van der Waals surface area (Å²) < 4.78 is 5.28. The minimum atomic E-state index is -0.476. The third kappa shape index (κ3) is 5.63. The number of anilines is 1. The van der Waals surface area contributed by atoms with Crippen LogP contribution in [0, 0.1) is 12.3 Å². The molecule has 1 aromatic carbocycles. The van der Waals surface area contributed by atoms with Crippen LogP contribution < -0.4 is 15.4 Å². The van der Waals surface area contributed by atoms with Gasteiger partial charge in [0.1, 0.15) is 12.4 Å². The van der Waals surface area contributed by atoms with Gasteiger partial charge in [-0.25, -0.2) is 4.79 Å². The Hall–Kier alpha value is -2.19. The summed E-state index contributed by atoms with van der Waals surface area (Å²) in [5.74, 6) is 2.97. The monoisotopic (exact) mass is 276 g/mol. The maximum absolute atomic E-state index is 11.9. The molecule has 2 amide bonds. The van der Waals surface area contributed by atoms with E-state index in [1.807, 2.05) is 13.8 Å². The number of benzene rings is 1. The van der Waals surface area contributed by atoms with Crippen LogP contribution in [0.4, 0.5) is 10.5 Å². The van der Waals surface area contributed by atoms with Gasteiger partial charge < -0.3 is 20.5 Å². The molecule has 0 aliphatic rings. The van der Waals surface area contributed by atoms with Gasteiger partial charge in [-0.15, -0.1) is 6.42 Å². The average molecular weight is 276 g/mol. The Morgan fingerprint density at radius 3 is 2.90 bits per heavy atom. The van der Waals surface area contributed by atoms with E-state index < -0.39 is 5.54 Å². The van der Waals surface area contributed by atoms with Gasteiger partial charge in [-0.2, -0.15) is 0 Å². The number of hydrogen-bond acceptors (Lipinski definition) is 3. The second kappa shape index (κ2) is 7.41. The Labute approximate surface area is 119 Å². The molecule has 0 aliphatic heterocycles. The summed E-state index contributed by atoms with van der Waals surface area (Å²) in [7, 11) is 0. The standard InChI is InChI=1S/C15H20N2O3/c1-4-10-20-13-7-5-6-12(11-13)16-14(19)17-15(2,3)8-9-18/h1,5-7,11,18H,8-10H2,2-3H3,(H2,16,17,19). The minimum absolute atomic E-state index is 0.0166. The fraction of sp³-hybridized carbons (Fsp3) is 0.400. The van der Waals surface area contributed by atoms with Crippen molar-refractivity contribution in [1.29, 1.82) is 0 Å². The molecule has 0 fully saturated rings. The van der Waals surface area contributed by atoms with Crippen LogP contribution in [0.15, 0.2) is 24.3 Å². The van der Waals surface area contributed by atoms with Crippen molar-refractivity contribution >= 4 is 11.7 Å². The maximum atomic E-state index is 11.9. The molecule has 5 heteroatoms. The molecule has 5 nitrogen and oxygen atoms in total. The molecule has 0 unspecified atom stereocenters. The van der Waals surface area contributed by atoms with E-state index in [9.17, 15) is 4.79 Å². The summed E-state index contributed by atoms with van der Waals surface area (Å²) in [6, 6.07) is 6.63. The van der Waals surface area contributed by atoms with E-state index >= 15 is 0 Å². The van der Waals surface area contributed by atoms with Crippen molar-refractivity contribution in [1.82, 2.24) is 5.32 Å². The Morgan fingerprint density at radius 1 is 1.50 bits per heavy atom. The molecule has 1 rings (SSSR count). The fourth-order valence-corrected chi connectivity index (χ4v) is 1.60. The zero-order valence-corrected chi connectivity index (χ0v) is 11.8. The first-order valence-corrected chi connectivity index (χ1v) is 6.33. The van der Waals surface area contributed by atoms with Crippen molar-refractivity contribution in [2.75, 3.05) is 18.5 Å². The summed E-state index contributed by atoms with van der Waals surface area (Å²) in [4.78, 5) is 11.9. The third-order valence-corrected chi connectivity index (χ3v) is 2.60. The molecule has 108 valence electrons. The molecule has 0 bridgehead atoms. The van der Waals surface area contributed by atoms with Gasteiger partial charge in [0.2, 0.25) is 0 Å². The van der Waals surface area contributed by atoms with Crippen LogP contribution in [0.2, 0.25) is 0 Å². The molecule has 0 heterocycles. The van der Waals surface area contributed by atoms with Crippen molar-refractivity contribution in [3.63, 3.8) is 0 Å². The van der Waals surface area contributed by atoms with Crippen LogP contribution in [-0.4, -0.2) is 29.9 Å². The average Bonchev–Trinajstić information content (AvgIpc) is 2.35. The summed E-state index contributed by atoms with van der Waals surface area (Å²) in [5.41, 5.74) is 0.132. The van der Waals surface area contributed by atoms with Crippen molar-refractivity contribution in [2.24, 2.45) is 0 Å². The number of aliphatic hydroxyl groups excluding tert-OH is 1. The maximum Gasteiger partial charge on any atom is 0.319 e. The van der Waals surface area contributed by atoms with Gasteiger partial charge in [0.15, 0.2) is 0 Å². The summed E-state index contributed by atoms with van der Waals surface area (Å²) in [6.07, 6.45) is 5.60. The van der Waals surface area contributed by atoms with E-state index in [1.165, 1.54) is 0 Å². The fourth-order valence-electron chi connectivity index (χ4n) is 1.60. The Bertz CT molecular complexity index is 492. The van der Waals surface area contributed by atoms with E-state index in [0.717, 1.165) is 0 Å². The van der Waals surface area contributed by atoms with Crippen LogP contribution in [-0.2, 0) is 0 Å².